The molecule has 2 aromatic carbocycles. The lowest BCUT2D eigenvalue weighted by atomic mass is 9.68. The van der Waals surface area contributed by atoms with Gasteiger partial charge in [-0.05, 0) is 56.0 Å². The van der Waals surface area contributed by atoms with Crippen molar-refractivity contribution in [3.63, 3.8) is 0 Å². The summed E-state index contributed by atoms with van der Waals surface area (Å²) in [6.45, 7) is 5.26. The normalized spacial score (nSPS) is 14.0. The number of nitrogens with zero attached hydrogens (tertiary/aromatic N) is 2. The van der Waals surface area contributed by atoms with E-state index in [9.17, 15) is 18.4 Å². The number of hydrogen-bond acceptors (Lipinski definition) is 2. The van der Waals surface area contributed by atoms with Crippen LogP contribution in [0.3, 0.4) is 0 Å². The summed E-state index contributed by atoms with van der Waals surface area (Å²) in [5.41, 5.74) is -0.511. The van der Waals surface area contributed by atoms with E-state index in [1.54, 1.807) is 6.07 Å². The first-order valence-electron chi connectivity index (χ1n) is 10.0. The van der Waals surface area contributed by atoms with E-state index in [4.69, 9.17) is 0 Å². The molecule has 0 heterocycles. The maximum absolute atomic E-state index is 13.6. The number of benzene rings is 2. The molecule has 156 valence electrons. The Balaban J connectivity index is 2.09. The van der Waals surface area contributed by atoms with Crippen molar-refractivity contribution >= 4 is 0 Å². The molecule has 5 heteroatoms. The molecule has 0 aliphatic carbocycles. The van der Waals surface area contributed by atoms with E-state index in [1.165, 1.54) is 17.7 Å². The van der Waals surface area contributed by atoms with Gasteiger partial charge in [-0.1, -0.05) is 62.4 Å². The molecular formula is C24H29F3N2. The predicted octanol–water partition coefficient (Wildman–Crippen LogP) is 6.08. The van der Waals surface area contributed by atoms with Gasteiger partial charge in [0.25, 0.3) is 0 Å². The third-order valence-corrected chi connectivity index (χ3v) is 5.63. The van der Waals surface area contributed by atoms with Crippen LogP contribution in [-0.4, -0.2) is 25.0 Å². The fourth-order valence-corrected chi connectivity index (χ4v) is 3.80. The lowest BCUT2D eigenvalue weighted by molar-refractivity contribution is -0.138. The first kappa shape index (κ1) is 23.0. The number of hydrogen-bond donors (Lipinski definition) is 0. The summed E-state index contributed by atoms with van der Waals surface area (Å²) >= 11 is 0. The average Bonchev–Trinajstić information content (AvgIpc) is 2.70. The van der Waals surface area contributed by atoms with Gasteiger partial charge in [-0.25, -0.2) is 0 Å². The van der Waals surface area contributed by atoms with Crippen molar-refractivity contribution in [1.82, 2.24) is 4.90 Å². The van der Waals surface area contributed by atoms with Crippen molar-refractivity contribution in [2.75, 3.05) is 20.1 Å². The number of rotatable bonds is 9. The van der Waals surface area contributed by atoms with E-state index in [2.05, 4.69) is 23.1 Å². The number of likely N-dealkylation sites (N-methyl/N-ethyl adjacent to an activating group) is 1. The lowest BCUT2D eigenvalue weighted by Crippen LogP contribution is -2.34. The summed E-state index contributed by atoms with van der Waals surface area (Å²) in [6, 6.07) is 17.9. The van der Waals surface area contributed by atoms with Gasteiger partial charge in [-0.2, -0.15) is 18.4 Å². The Kier molecular flexibility index (Phi) is 7.87. The number of halogens is 3. The topological polar surface area (TPSA) is 27.0 Å². The van der Waals surface area contributed by atoms with E-state index >= 15 is 0 Å². The molecule has 0 aliphatic heterocycles. The largest absolute Gasteiger partial charge is 0.416 e. The minimum atomic E-state index is -4.47. The van der Waals surface area contributed by atoms with Crippen LogP contribution in [-0.2, 0) is 18.0 Å². The zero-order valence-corrected chi connectivity index (χ0v) is 17.3. The summed E-state index contributed by atoms with van der Waals surface area (Å²) in [7, 11) is 2.01. The molecule has 1 unspecified atom stereocenters. The Morgan fingerprint density at radius 2 is 1.52 bits per heavy atom. The SMILES string of the molecule is CC(C)C(C#N)(CCCN(C)CCc1ccccc1)c1ccccc1C(F)(F)F. The number of nitriles is 1. The van der Waals surface area contributed by atoms with Crippen molar-refractivity contribution < 1.29 is 13.2 Å². The Hall–Kier alpha value is -2.32. The Bertz CT molecular complexity index is 809. The van der Waals surface area contributed by atoms with Crippen LogP contribution in [0.25, 0.3) is 0 Å². The van der Waals surface area contributed by atoms with Crippen molar-refractivity contribution in [1.29, 1.82) is 5.26 Å². The molecule has 1 atom stereocenters. The molecule has 0 spiro atoms. The van der Waals surface area contributed by atoms with Gasteiger partial charge in [0.15, 0.2) is 0 Å². The van der Waals surface area contributed by atoms with Crippen molar-refractivity contribution in [3.8, 4) is 6.07 Å². The molecule has 0 saturated heterocycles. The van der Waals surface area contributed by atoms with Gasteiger partial charge in [0.1, 0.15) is 0 Å². The Labute approximate surface area is 172 Å². The minimum Gasteiger partial charge on any atom is -0.306 e. The van der Waals surface area contributed by atoms with Crippen LogP contribution in [0.5, 0.6) is 0 Å². The van der Waals surface area contributed by atoms with Crippen LogP contribution >= 0.6 is 0 Å². The zero-order chi connectivity index (χ0) is 21.5. The lowest BCUT2D eigenvalue weighted by Gasteiger charge is -2.34. The predicted molar refractivity (Wildman–Crippen MR) is 110 cm³/mol. The zero-order valence-electron chi connectivity index (χ0n) is 17.3. The van der Waals surface area contributed by atoms with E-state index in [1.807, 2.05) is 39.1 Å². The molecule has 2 nitrogen and oxygen atoms in total. The highest BCUT2D eigenvalue weighted by Crippen LogP contribution is 2.43. The quantitative estimate of drug-likeness (QED) is 0.508. The van der Waals surface area contributed by atoms with Gasteiger partial charge in [0.2, 0.25) is 0 Å². The van der Waals surface area contributed by atoms with E-state index in [0.717, 1.165) is 25.6 Å². The molecule has 0 radical (unpaired) electrons. The van der Waals surface area contributed by atoms with Crippen LogP contribution < -0.4 is 0 Å². The fourth-order valence-electron chi connectivity index (χ4n) is 3.80. The maximum atomic E-state index is 13.6. The standard InChI is InChI=1S/C24H29F3N2/c1-19(2)23(18-28,21-12-7-8-13-22(21)24(25,26)27)15-9-16-29(3)17-14-20-10-5-4-6-11-20/h4-8,10-13,19H,9,14-17H2,1-3H3. The van der Waals surface area contributed by atoms with Crippen LogP contribution in [0.2, 0.25) is 0 Å². The molecular weight excluding hydrogens is 373 g/mol. The highest BCUT2D eigenvalue weighted by atomic mass is 19.4. The van der Waals surface area contributed by atoms with Crippen molar-refractivity contribution in [2.24, 2.45) is 5.92 Å². The molecule has 0 aromatic heterocycles. The van der Waals surface area contributed by atoms with Crippen LogP contribution in [0.1, 0.15) is 43.4 Å². The molecule has 0 bridgehead atoms. The van der Waals surface area contributed by atoms with Crippen LogP contribution in [0.4, 0.5) is 13.2 Å². The smallest absolute Gasteiger partial charge is 0.306 e. The van der Waals surface area contributed by atoms with Gasteiger partial charge in [-0.3, -0.25) is 0 Å². The van der Waals surface area contributed by atoms with Crippen LogP contribution in [0, 0.1) is 17.2 Å². The highest BCUT2D eigenvalue weighted by molar-refractivity contribution is 5.41. The molecule has 29 heavy (non-hydrogen) atoms. The van der Waals surface area contributed by atoms with E-state index in [-0.39, 0.29) is 11.5 Å². The first-order valence-corrected chi connectivity index (χ1v) is 10.0. The van der Waals surface area contributed by atoms with Crippen molar-refractivity contribution in [3.05, 3.63) is 71.3 Å². The molecule has 0 saturated carbocycles. The molecule has 2 rings (SSSR count). The highest BCUT2D eigenvalue weighted by Gasteiger charge is 2.43. The van der Waals surface area contributed by atoms with E-state index < -0.39 is 17.2 Å². The monoisotopic (exact) mass is 402 g/mol. The third kappa shape index (κ3) is 5.83. The Morgan fingerprint density at radius 1 is 0.931 bits per heavy atom. The summed E-state index contributed by atoms with van der Waals surface area (Å²) < 4.78 is 40.7. The number of alkyl halides is 3. The summed E-state index contributed by atoms with van der Waals surface area (Å²) in [6.07, 6.45) is -2.50. The van der Waals surface area contributed by atoms with Gasteiger partial charge in [0, 0.05) is 6.54 Å². The third-order valence-electron chi connectivity index (χ3n) is 5.63. The van der Waals surface area contributed by atoms with Gasteiger partial charge < -0.3 is 4.90 Å². The second-order valence-corrected chi connectivity index (χ2v) is 7.92. The molecule has 0 N–H and O–H groups in total. The van der Waals surface area contributed by atoms with E-state index in [0.29, 0.717) is 12.8 Å². The maximum Gasteiger partial charge on any atom is 0.416 e. The second-order valence-electron chi connectivity index (χ2n) is 7.92. The van der Waals surface area contributed by atoms with Crippen molar-refractivity contribution in [2.45, 2.75) is 44.7 Å². The Morgan fingerprint density at radius 3 is 2.07 bits per heavy atom. The van der Waals surface area contributed by atoms with Crippen LogP contribution in [0.15, 0.2) is 54.6 Å². The molecule has 0 fully saturated rings. The summed E-state index contributed by atoms with van der Waals surface area (Å²) in [5.74, 6) is -0.231. The second kappa shape index (κ2) is 9.93. The summed E-state index contributed by atoms with van der Waals surface area (Å²) in [5, 5.41) is 9.98. The summed E-state index contributed by atoms with van der Waals surface area (Å²) in [4.78, 5) is 2.17. The molecule has 0 aliphatic rings. The first-order chi connectivity index (χ1) is 13.7. The van der Waals surface area contributed by atoms with Gasteiger partial charge >= 0.3 is 6.18 Å². The van der Waals surface area contributed by atoms with Gasteiger partial charge in [-0.15, -0.1) is 0 Å². The van der Waals surface area contributed by atoms with Gasteiger partial charge in [0.05, 0.1) is 17.0 Å². The molecule has 2 aromatic rings. The average molecular weight is 403 g/mol. The minimum absolute atomic E-state index is 0.0944. The fraction of sp³-hybridized carbons (Fsp3) is 0.458. The molecule has 0 amide bonds.